The molecule has 0 bridgehead atoms. The number of hydrogen-bond donors (Lipinski definition) is 1. The highest BCUT2D eigenvalue weighted by Gasteiger charge is 2.10. The van der Waals surface area contributed by atoms with E-state index in [0.29, 0.717) is 6.54 Å². The first-order chi connectivity index (χ1) is 8.96. The summed E-state index contributed by atoms with van der Waals surface area (Å²) >= 11 is 0. The molecule has 1 heterocycles. The van der Waals surface area contributed by atoms with Gasteiger partial charge in [0.15, 0.2) is 0 Å². The number of anilines is 1. The van der Waals surface area contributed by atoms with Gasteiger partial charge in [-0.15, -0.1) is 6.42 Å². The lowest BCUT2D eigenvalue weighted by molar-refractivity contribution is 0.424. The Morgan fingerprint density at radius 2 is 2.16 bits per heavy atom. The van der Waals surface area contributed by atoms with E-state index in [-0.39, 0.29) is 5.54 Å². The van der Waals surface area contributed by atoms with Gasteiger partial charge in [0, 0.05) is 24.8 Å². The fraction of sp³-hybridized carbons (Fsp3) is 0.562. The Balaban J connectivity index is 2.77. The molecule has 1 aromatic rings. The Hall–Kier alpha value is -1.53. The van der Waals surface area contributed by atoms with Crippen molar-refractivity contribution in [2.45, 2.75) is 46.2 Å². The maximum absolute atomic E-state index is 5.42. The van der Waals surface area contributed by atoms with Gasteiger partial charge in [-0.25, -0.2) is 4.98 Å². The van der Waals surface area contributed by atoms with Crippen molar-refractivity contribution in [3.63, 3.8) is 0 Å². The number of terminal acetylenes is 1. The number of rotatable bonds is 6. The lowest BCUT2D eigenvalue weighted by Gasteiger charge is -2.23. The molecule has 0 aliphatic heterocycles. The minimum absolute atomic E-state index is 0.116. The molecule has 0 radical (unpaired) electrons. The van der Waals surface area contributed by atoms with Gasteiger partial charge >= 0.3 is 0 Å². The summed E-state index contributed by atoms with van der Waals surface area (Å²) in [6.45, 7) is 11.0. The van der Waals surface area contributed by atoms with Crippen LogP contribution in [0.1, 0.15) is 39.7 Å². The summed E-state index contributed by atoms with van der Waals surface area (Å²) in [5.74, 6) is 3.66. The van der Waals surface area contributed by atoms with Gasteiger partial charge < -0.3 is 10.2 Å². The molecule has 3 heteroatoms. The molecule has 3 nitrogen and oxygen atoms in total. The molecule has 0 atom stereocenters. The van der Waals surface area contributed by atoms with Crippen LogP contribution >= 0.6 is 0 Å². The molecule has 0 spiro atoms. The zero-order valence-electron chi connectivity index (χ0n) is 12.5. The lowest BCUT2D eigenvalue weighted by atomic mass is 10.1. The first-order valence-electron chi connectivity index (χ1n) is 6.84. The largest absolute Gasteiger partial charge is 0.345 e. The molecule has 0 saturated carbocycles. The van der Waals surface area contributed by atoms with Crippen LogP contribution in [0.25, 0.3) is 0 Å². The first-order valence-corrected chi connectivity index (χ1v) is 6.84. The number of nitrogens with zero attached hydrogens (tertiary/aromatic N) is 2. The molecule has 104 valence electrons. The standard InChI is InChI=1S/C16H25N3/c1-6-10-19(11-7-2)15-12-14(8-9-17-15)13-18-16(3,4)5/h1,8-9,12,18H,7,10-11,13H2,2-5H3. The highest BCUT2D eigenvalue weighted by molar-refractivity contribution is 5.42. The van der Waals surface area contributed by atoms with Crippen molar-refractivity contribution in [1.82, 2.24) is 10.3 Å². The number of hydrogen-bond acceptors (Lipinski definition) is 3. The van der Waals surface area contributed by atoms with E-state index in [1.165, 1.54) is 5.56 Å². The van der Waals surface area contributed by atoms with Crippen LogP contribution in [0.4, 0.5) is 5.82 Å². The van der Waals surface area contributed by atoms with E-state index >= 15 is 0 Å². The number of pyridine rings is 1. The molecule has 1 N–H and O–H groups in total. The molecule has 19 heavy (non-hydrogen) atoms. The summed E-state index contributed by atoms with van der Waals surface area (Å²) in [5.41, 5.74) is 1.35. The fourth-order valence-corrected chi connectivity index (χ4v) is 1.77. The second kappa shape index (κ2) is 7.16. The number of nitrogens with one attached hydrogen (secondary N) is 1. The van der Waals surface area contributed by atoms with Crippen molar-refractivity contribution in [2.75, 3.05) is 18.0 Å². The SMILES string of the molecule is C#CCN(CCC)c1cc(CNC(C)(C)C)ccn1. The second-order valence-electron chi connectivity index (χ2n) is 5.75. The third kappa shape index (κ3) is 5.76. The van der Waals surface area contributed by atoms with Crippen molar-refractivity contribution in [3.8, 4) is 12.3 Å². The van der Waals surface area contributed by atoms with E-state index in [0.717, 1.165) is 25.3 Å². The Kier molecular flexibility index (Phi) is 5.85. The minimum Gasteiger partial charge on any atom is -0.345 e. The second-order valence-corrected chi connectivity index (χ2v) is 5.75. The predicted molar refractivity (Wildman–Crippen MR) is 82.2 cm³/mol. The van der Waals surface area contributed by atoms with E-state index < -0.39 is 0 Å². The number of aromatic nitrogens is 1. The van der Waals surface area contributed by atoms with E-state index in [1.54, 1.807) is 0 Å². The fourth-order valence-electron chi connectivity index (χ4n) is 1.77. The van der Waals surface area contributed by atoms with Crippen molar-refractivity contribution in [2.24, 2.45) is 0 Å². The zero-order valence-corrected chi connectivity index (χ0v) is 12.5. The van der Waals surface area contributed by atoms with Crippen LogP contribution in [0.15, 0.2) is 18.3 Å². The third-order valence-corrected chi connectivity index (χ3v) is 2.73. The van der Waals surface area contributed by atoms with E-state index in [1.807, 2.05) is 12.3 Å². The van der Waals surface area contributed by atoms with Crippen LogP contribution in [0, 0.1) is 12.3 Å². The predicted octanol–water partition coefficient (Wildman–Crippen LogP) is 2.82. The Morgan fingerprint density at radius 3 is 2.74 bits per heavy atom. The zero-order chi connectivity index (χ0) is 14.3. The molecule has 0 saturated heterocycles. The Bertz CT molecular complexity index is 426. The van der Waals surface area contributed by atoms with E-state index in [9.17, 15) is 0 Å². The average molecular weight is 259 g/mol. The molecular formula is C16H25N3. The smallest absolute Gasteiger partial charge is 0.129 e. The summed E-state index contributed by atoms with van der Waals surface area (Å²) in [6.07, 6.45) is 8.34. The summed E-state index contributed by atoms with van der Waals surface area (Å²) < 4.78 is 0. The van der Waals surface area contributed by atoms with Crippen LogP contribution < -0.4 is 10.2 Å². The molecular weight excluding hydrogens is 234 g/mol. The van der Waals surface area contributed by atoms with E-state index in [4.69, 9.17) is 6.42 Å². The Labute approximate surface area is 117 Å². The topological polar surface area (TPSA) is 28.2 Å². The summed E-state index contributed by atoms with van der Waals surface area (Å²) in [6, 6.07) is 4.16. The van der Waals surface area contributed by atoms with Crippen LogP contribution in [-0.4, -0.2) is 23.6 Å². The highest BCUT2D eigenvalue weighted by atomic mass is 15.2. The van der Waals surface area contributed by atoms with Crippen molar-refractivity contribution in [1.29, 1.82) is 0 Å². The first kappa shape index (κ1) is 15.5. The highest BCUT2D eigenvalue weighted by Crippen LogP contribution is 2.13. The van der Waals surface area contributed by atoms with Gasteiger partial charge in [0.2, 0.25) is 0 Å². The Morgan fingerprint density at radius 1 is 1.42 bits per heavy atom. The van der Waals surface area contributed by atoms with Gasteiger partial charge in [-0.05, 0) is 44.9 Å². The van der Waals surface area contributed by atoms with Crippen LogP contribution in [-0.2, 0) is 6.54 Å². The normalized spacial score (nSPS) is 11.1. The van der Waals surface area contributed by atoms with Gasteiger partial charge in [0.1, 0.15) is 5.82 Å². The molecule has 0 unspecified atom stereocenters. The van der Waals surface area contributed by atoms with Crippen LogP contribution in [0.5, 0.6) is 0 Å². The average Bonchev–Trinajstić information content (AvgIpc) is 2.36. The molecule has 0 aliphatic rings. The maximum Gasteiger partial charge on any atom is 0.129 e. The maximum atomic E-state index is 5.42. The van der Waals surface area contributed by atoms with E-state index in [2.05, 4.69) is 54.9 Å². The van der Waals surface area contributed by atoms with Gasteiger partial charge in [0.25, 0.3) is 0 Å². The van der Waals surface area contributed by atoms with Gasteiger partial charge in [0.05, 0.1) is 6.54 Å². The van der Waals surface area contributed by atoms with Gasteiger partial charge in [-0.3, -0.25) is 0 Å². The minimum atomic E-state index is 0.116. The van der Waals surface area contributed by atoms with Crippen molar-refractivity contribution < 1.29 is 0 Å². The summed E-state index contributed by atoms with van der Waals surface area (Å²) in [4.78, 5) is 6.56. The lowest BCUT2D eigenvalue weighted by Crippen LogP contribution is -2.35. The molecule has 0 aromatic carbocycles. The van der Waals surface area contributed by atoms with Gasteiger partial charge in [-0.2, -0.15) is 0 Å². The van der Waals surface area contributed by atoms with Crippen molar-refractivity contribution in [3.05, 3.63) is 23.9 Å². The molecule has 1 aromatic heterocycles. The monoisotopic (exact) mass is 259 g/mol. The molecule has 0 amide bonds. The van der Waals surface area contributed by atoms with Crippen molar-refractivity contribution >= 4 is 5.82 Å². The van der Waals surface area contributed by atoms with Crippen LogP contribution in [0.3, 0.4) is 0 Å². The molecule has 0 aliphatic carbocycles. The van der Waals surface area contributed by atoms with Gasteiger partial charge in [-0.1, -0.05) is 12.8 Å². The van der Waals surface area contributed by atoms with Crippen LogP contribution in [0.2, 0.25) is 0 Å². The summed E-state index contributed by atoms with van der Waals surface area (Å²) in [5, 5.41) is 3.48. The third-order valence-electron chi connectivity index (χ3n) is 2.73. The summed E-state index contributed by atoms with van der Waals surface area (Å²) in [7, 11) is 0. The molecule has 1 rings (SSSR count). The molecule has 0 fully saturated rings. The quantitative estimate of drug-likeness (QED) is 0.796.